The standard InChI is InChI=1S/C12H17NO2/c1-9-7-11(14-2)3-4-12(9)15-8-10-5-6-13-10/h3-4,7,10,13H,5-6,8H2,1-2H3. The fourth-order valence-corrected chi connectivity index (χ4v) is 1.59. The molecule has 1 aromatic rings. The fraction of sp³-hybridized carbons (Fsp3) is 0.500. The summed E-state index contributed by atoms with van der Waals surface area (Å²) in [6, 6.07) is 6.42. The van der Waals surface area contributed by atoms with Gasteiger partial charge in [-0.3, -0.25) is 0 Å². The second kappa shape index (κ2) is 4.53. The van der Waals surface area contributed by atoms with Crippen molar-refractivity contribution in [2.24, 2.45) is 0 Å². The van der Waals surface area contributed by atoms with Crippen molar-refractivity contribution < 1.29 is 9.47 Å². The van der Waals surface area contributed by atoms with Gasteiger partial charge in [-0.25, -0.2) is 0 Å². The Labute approximate surface area is 90.4 Å². The van der Waals surface area contributed by atoms with E-state index in [9.17, 15) is 0 Å². The van der Waals surface area contributed by atoms with E-state index in [-0.39, 0.29) is 0 Å². The molecule has 0 amide bonds. The fourth-order valence-electron chi connectivity index (χ4n) is 1.59. The lowest BCUT2D eigenvalue weighted by Crippen LogP contribution is -2.46. The largest absolute Gasteiger partial charge is 0.497 e. The SMILES string of the molecule is COc1ccc(OCC2CCN2)c(C)c1. The molecule has 1 aromatic carbocycles. The number of benzene rings is 1. The molecule has 0 bridgehead atoms. The van der Waals surface area contributed by atoms with Gasteiger partial charge in [-0.1, -0.05) is 0 Å². The summed E-state index contributed by atoms with van der Waals surface area (Å²) in [6.07, 6.45) is 1.22. The third-order valence-electron chi connectivity index (χ3n) is 2.75. The van der Waals surface area contributed by atoms with Gasteiger partial charge < -0.3 is 14.8 Å². The summed E-state index contributed by atoms with van der Waals surface area (Å²) in [5.41, 5.74) is 1.12. The molecule has 3 nitrogen and oxygen atoms in total. The smallest absolute Gasteiger partial charge is 0.122 e. The van der Waals surface area contributed by atoms with Crippen LogP contribution >= 0.6 is 0 Å². The minimum atomic E-state index is 0.534. The zero-order valence-electron chi connectivity index (χ0n) is 9.25. The van der Waals surface area contributed by atoms with E-state index in [0.717, 1.165) is 30.2 Å². The highest BCUT2D eigenvalue weighted by molar-refractivity contribution is 5.39. The predicted octanol–water partition coefficient (Wildman–Crippen LogP) is 1.74. The third-order valence-corrected chi connectivity index (χ3v) is 2.75. The summed E-state index contributed by atoms with van der Waals surface area (Å²) < 4.78 is 10.9. The van der Waals surface area contributed by atoms with Gasteiger partial charge >= 0.3 is 0 Å². The Balaban J connectivity index is 1.95. The molecule has 2 rings (SSSR count). The van der Waals surface area contributed by atoms with Crippen LogP contribution in [0.5, 0.6) is 11.5 Å². The van der Waals surface area contributed by atoms with E-state index >= 15 is 0 Å². The van der Waals surface area contributed by atoms with Crippen molar-refractivity contribution in [2.45, 2.75) is 19.4 Å². The Morgan fingerprint density at radius 3 is 2.80 bits per heavy atom. The van der Waals surface area contributed by atoms with Gasteiger partial charge in [0, 0.05) is 6.04 Å². The summed E-state index contributed by atoms with van der Waals surface area (Å²) in [4.78, 5) is 0. The molecule has 0 spiro atoms. The molecule has 82 valence electrons. The van der Waals surface area contributed by atoms with Crippen molar-refractivity contribution in [3.8, 4) is 11.5 Å². The van der Waals surface area contributed by atoms with Gasteiger partial charge in [-0.05, 0) is 43.7 Å². The molecule has 1 atom stereocenters. The van der Waals surface area contributed by atoms with Gasteiger partial charge in [0.25, 0.3) is 0 Å². The Bertz CT molecular complexity index is 334. The first-order valence-corrected chi connectivity index (χ1v) is 5.30. The van der Waals surface area contributed by atoms with Crippen LogP contribution in [0.25, 0.3) is 0 Å². The zero-order valence-corrected chi connectivity index (χ0v) is 9.25. The van der Waals surface area contributed by atoms with Crippen LogP contribution in [0.15, 0.2) is 18.2 Å². The van der Waals surface area contributed by atoms with Crippen molar-refractivity contribution in [1.29, 1.82) is 0 Å². The highest BCUT2D eigenvalue weighted by Crippen LogP contribution is 2.23. The monoisotopic (exact) mass is 207 g/mol. The van der Waals surface area contributed by atoms with Gasteiger partial charge in [-0.15, -0.1) is 0 Å². The Morgan fingerprint density at radius 2 is 2.27 bits per heavy atom. The van der Waals surface area contributed by atoms with Crippen LogP contribution in [0.4, 0.5) is 0 Å². The van der Waals surface area contributed by atoms with Gasteiger partial charge in [0.05, 0.1) is 7.11 Å². The Kier molecular flexibility index (Phi) is 3.11. The number of aryl methyl sites for hydroxylation is 1. The van der Waals surface area contributed by atoms with Gasteiger partial charge in [0.1, 0.15) is 18.1 Å². The molecule has 1 N–H and O–H groups in total. The van der Waals surface area contributed by atoms with Gasteiger partial charge in [0.2, 0.25) is 0 Å². The summed E-state index contributed by atoms with van der Waals surface area (Å²) in [5.74, 6) is 1.83. The van der Waals surface area contributed by atoms with Crippen molar-refractivity contribution in [3.05, 3.63) is 23.8 Å². The maximum absolute atomic E-state index is 5.72. The number of rotatable bonds is 4. The van der Waals surface area contributed by atoms with Crippen molar-refractivity contribution in [3.63, 3.8) is 0 Å². The number of nitrogens with one attached hydrogen (secondary N) is 1. The topological polar surface area (TPSA) is 30.5 Å². The molecule has 0 aliphatic carbocycles. The van der Waals surface area contributed by atoms with Crippen molar-refractivity contribution >= 4 is 0 Å². The minimum Gasteiger partial charge on any atom is -0.497 e. The quantitative estimate of drug-likeness (QED) is 0.815. The van der Waals surface area contributed by atoms with Crippen LogP contribution in [0.1, 0.15) is 12.0 Å². The molecule has 1 unspecified atom stereocenters. The van der Waals surface area contributed by atoms with E-state index in [1.807, 2.05) is 25.1 Å². The number of hydrogen-bond acceptors (Lipinski definition) is 3. The van der Waals surface area contributed by atoms with Crippen molar-refractivity contribution in [2.75, 3.05) is 20.3 Å². The Morgan fingerprint density at radius 1 is 1.47 bits per heavy atom. The van der Waals surface area contributed by atoms with Crippen LogP contribution in [-0.4, -0.2) is 26.3 Å². The lowest BCUT2D eigenvalue weighted by Gasteiger charge is -2.27. The predicted molar refractivity (Wildman–Crippen MR) is 59.6 cm³/mol. The van der Waals surface area contributed by atoms with Crippen molar-refractivity contribution in [1.82, 2.24) is 5.32 Å². The van der Waals surface area contributed by atoms with E-state index in [1.165, 1.54) is 6.42 Å². The van der Waals surface area contributed by atoms with Gasteiger partial charge in [-0.2, -0.15) is 0 Å². The maximum Gasteiger partial charge on any atom is 0.122 e. The molecule has 1 saturated heterocycles. The second-order valence-electron chi connectivity index (χ2n) is 3.88. The number of ether oxygens (including phenoxy) is 2. The molecular weight excluding hydrogens is 190 g/mol. The summed E-state index contributed by atoms with van der Waals surface area (Å²) in [6.45, 7) is 3.91. The van der Waals surface area contributed by atoms with Crippen LogP contribution in [0.3, 0.4) is 0 Å². The second-order valence-corrected chi connectivity index (χ2v) is 3.88. The van der Waals surface area contributed by atoms with Crippen LogP contribution in [0.2, 0.25) is 0 Å². The van der Waals surface area contributed by atoms with E-state index in [0.29, 0.717) is 6.04 Å². The summed E-state index contributed by atoms with van der Waals surface area (Å²) in [5, 5.41) is 3.31. The Hall–Kier alpha value is -1.22. The maximum atomic E-state index is 5.72. The summed E-state index contributed by atoms with van der Waals surface area (Å²) >= 11 is 0. The first kappa shape index (κ1) is 10.3. The van der Waals surface area contributed by atoms with E-state index in [2.05, 4.69) is 5.32 Å². The third kappa shape index (κ3) is 2.42. The van der Waals surface area contributed by atoms with E-state index in [4.69, 9.17) is 9.47 Å². The highest BCUT2D eigenvalue weighted by atomic mass is 16.5. The first-order chi connectivity index (χ1) is 7.29. The number of methoxy groups -OCH3 is 1. The molecule has 0 aromatic heterocycles. The van der Waals surface area contributed by atoms with E-state index in [1.54, 1.807) is 7.11 Å². The average molecular weight is 207 g/mol. The normalized spacial score (nSPS) is 19.5. The van der Waals surface area contributed by atoms with E-state index < -0.39 is 0 Å². The van der Waals surface area contributed by atoms with Crippen LogP contribution < -0.4 is 14.8 Å². The lowest BCUT2D eigenvalue weighted by atomic mass is 10.1. The minimum absolute atomic E-state index is 0.534. The molecule has 3 heteroatoms. The summed E-state index contributed by atoms with van der Waals surface area (Å²) in [7, 11) is 1.67. The molecule has 15 heavy (non-hydrogen) atoms. The molecule has 1 fully saturated rings. The molecule has 0 radical (unpaired) electrons. The molecule has 1 aliphatic heterocycles. The van der Waals surface area contributed by atoms with Crippen LogP contribution in [0, 0.1) is 6.92 Å². The zero-order chi connectivity index (χ0) is 10.7. The van der Waals surface area contributed by atoms with Crippen LogP contribution in [-0.2, 0) is 0 Å². The molecule has 0 saturated carbocycles. The number of hydrogen-bond donors (Lipinski definition) is 1. The highest BCUT2D eigenvalue weighted by Gasteiger charge is 2.16. The molecule has 1 heterocycles. The molecule has 1 aliphatic rings. The van der Waals surface area contributed by atoms with Gasteiger partial charge in [0.15, 0.2) is 0 Å². The molecular formula is C12H17NO2. The first-order valence-electron chi connectivity index (χ1n) is 5.30. The average Bonchev–Trinajstić information content (AvgIpc) is 2.18. The lowest BCUT2D eigenvalue weighted by molar-refractivity contribution is 0.216.